The summed E-state index contributed by atoms with van der Waals surface area (Å²) in [4.78, 5) is 11.0. The normalized spacial score (nSPS) is 12.1. The molecule has 5 heteroatoms. The predicted octanol–water partition coefficient (Wildman–Crippen LogP) is 3.32. The number of hydrogen-bond donors (Lipinski definition) is 1. The molecule has 0 heterocycles. The molecule has 0 aliphatic carbocycles. The Kier molecular flexibility index (Phi) is 5.66. The van der Waals surface area contributed by atoms with E-state index in [0.29, 0.717) is 18.1 Å². The molecule has 0 saturated carbocycles. The first-order valence-corrected chi connectivity index (χ1v) is 8.02. The molecule has 5 nitrogen and oxygen atoms in total. The summed E-state index contributed by atoms with van der Waals surface area (Å²) in [6.07, 6.45) is -0.688. The predicted molar refractivity (Wildman–Crippen MR) is 95.1 cm³/mol. The van der Waals surface area contributed by atoms with Gasteiger partial charge in [0.05, 0.1) is 11.5 Å². The number of nitriles is 1. The third kappa shape index (κ3) is 4.74. The quantitative estimate of drug-likeness (QED) is 0.839. The highest BCUT2D eigenvalue weighted by atomic mass is 16.5. The summed E-state index contributed by atoms with van der Waals surface area (Å²) in [6.45, 7) is 5.73. The fraction of sp³-hybridized carbons (Fsp3) is 0.300. The largest absolute Gasteiger partial charge is 0.489 e. The first-order chi connectivity index (χ1) is 11.8. The standard InChI is InChI=1S/C20H22N2O3/c1-14(19(22)23)25-17-10-8-16(9-11-17)24-12-15-6-4-5-7-18(15)20(2,3)13-21/h4-11,14H,12H2,1-3H3,(H2,22,23). The van der Waals surface area contributed by atoms with E-state index in [9.17, 15) is 10.1 Å². The molecule has 0 fully saturated rings. The van der Waals surface area contributed by atoms with Crippen molar-refractivity contribution in [2.24, 2.45) is 5.73 Å². The molecule has 0 bridgehead atoms. The van der Waals surface area contributed by atoms with E-state index in [2.05, 4.69) is 6.07 Å². The number of rotatable bonds is 7. The maximum atomic E-state index is 11.0. The van der Waals surface area contributed by atoms with Crippen molar-refractivity contribution in [1.82, 2.24) is 0 Å². The maximum Gasteiger partial charge on any atom is 0.258 e. The van der Waals surface area contributed by atoms with Crippen LogP contribution in [-0.2, 0) is 16.8 Å². The van der Waals surface area contributed by atoms with Crippen LogP contribution in [0.25, 0.3) is 0 Å². The smallest absolute Gasteiger partial charge is 0.258 e. The summed E-state index contributed by atoms with van der Waals surface area (Å²) >= 11 is 0. The van der Waals surface area contributed by atoms with Gasteiger partial charge in [0.15, 0.2) is 6.10 Å². The summed E-state index contributed by atoms with van der Waals surface area (Å²) in [7, 11) is 0. The molecule has 0 radical (unpaired) electrons. The molecule has 1 atom stereocenters. The Morgan fingerprint density at radius 1 is 1.16 bits per heavy atom. The van der Waals surface area contributed by atoms with Gasteiger partial charge in [-0.3, -0.25) is 4.79 Å². The van der Waals surface area contributed by atoms with Crippen LogP contribution in [0, 0.1) is 11.3 Å². The topological polar surface area (TPSA) is 85.3 Å². The number of ether oxygens (including phenoxy) is 2. The minimum atomic E-state index is -0.688. The van der Waals surface area contributed by atoms with Crippen molar-refractivity contribution in [1.29, 1.82) is 5.26 Å². The second-order valence-electron chi connectivity index (χ2n) is 6.32. The van der Waals surface area contributed by atoms with Crippen molar-refractivity contribution >= 4 is 5.91 Å². The zero-order valence-electron chi connectivity index (χ0n) is 14.7. The third-order valence-electron chi connectivity index (χ3n) is 3.90. The van der Waals surface area contributed by atoms with Crippen molar-refractivity contribution in [3.63, 3.8) is 0 Å². The van der Waals surface area contributed by atoms with Crippen molar-refractivity contribution in [2.75, 3.05) is 0 Å². The lowest BCUT2D eigenvalue weighted by atomic mass is 9.83. The van der Waals surface area contributed by atoms with Gasteiger partial charge in [-0.1, -0.05) is 24.3 Å². The molecule has 130 valence electrons. The van der Waals surface area contributed by atoms with Crippen LogP contribution in [0.5, 0.6) is 11.5 Å². The van der Waals surface area contributed by atoms with Crippen LogP contribution >= 0.6 is 0 Å². The maximum absolute atomic E-state index is 11.0. The summed E-state index contributed by atoms with van der Waals surface area (Å²) in [6, 6.07) is 17.1. The van der Waals surface area contributed by atoms with E-state index in [-0.39, 0.29) is 0 Å². The van der Waals surface area contributed by atoms with E-state index in [1.165, 1.54) is 0 Å². The Balaban J connectivity index is 2.06. The Hall–Kier alpha value is -3.00. The summed E-state index contributed by atoms with van der Waals surface area (Å²) in [5, 5.41) is 9.36. The zero-order valence-corrected chi connectivity index (χ0v) is 14.7. The van der Waals surface area contributed by atoms with Gasteiger partial charge in [-0.15, -0.1) is 0 Å². The van der Waals surface area contributed by atoms with E-state index in [1.807, 2.05) is 38.1 Å². The lowest BCUT2D eigenvalue weighted by molar-refractivity contribution is -0.123. The second-order valence-corrected chi connectivity index (χ2v) is 6.32. The van der Waals surface area contributed by atoms with Crippen molar-refractivity contribution in [3.05, 3.63) is 59.7 Å². The van der Waals surface area contributed by atoms with Crippen LogP contribution < -0.4 is 15.2 Å². The molecule has 0 saturated heterocycles. The van der Waals surface area contributed by atoms with Gasteiger partial charge in [0.2, 0.25) is 0 Å². The molecular weight excluding hydrogens is 316 g/mol. The first-order valence-electron chi connectivity index (χ1n) is 8.02. The van der Waals surface area contributed by atoms with E-state index in [1.54, 1.807) is 31.2 Å². The van der Waals surface area contributed by atoms with Crippen LogP contribution in [-0.4, -0.2) is 12.0 Å². The molecular formula is C20H22N2O3. The molecule has 2 rings (SSSR count). The molecule has 1 amide bonds. The Labute approximate surface area is 148 Å². The van der Waals surface area contributed by atoms with Gasteiger partial charge in [-0.25, -0.2) is 0 Å². The number of nitrogens with two attached hydrogens (primary N) is 1. The fourth-order valence-electron chi connectivity index (χ4n) is 2.35. The van der Waals surface area contributed by atoms with Gasteiger partial charge in [0, 0.05) is 0 Å². The van der Waals surface area contributed by atoms with E-state index >= 15 is 0 Å². The van der Waals surface area contributed by atoms with Gasteiger partial charge < -0.3 is 15.2 Å². The molecule has 2 aromatic carbocycles. The van der Waals surface area contributed by atoms with Crippen LogP contribution in [0.1, 0.15) is 31.9 Å². The number of nitrogens with zero attached hydrogens (tertiary/aromatic N) is 1. The van der Waals surface area contributed by atoms with Crippen LogP contribution in [0.3, 0.4) is 0 Å². The average molecular weight is 338 g/mol. The minimum absolute atomic E-state index is 0.360. The zero-order chi connectivity index (χ0) is 18.4. The monoisotopic (exact) mass is 338 g/mol. The van der Waals surface area contributed by atoms with Crippen LogP contribution in [0.2, 0.25) is 0 Å². The molecule has 0 aliphatic rings. The summed E-state index contributed by atoms with van der Waals surface area (Å²) in [5.41, 5.74) is 6.51. The molecule has 0 aliphatic heterocycles. The molecule has 25 heavy (non-hydrogen) atoms. The lowest BCUT2D eigenvalue weighted by Crippen LogP contribution is -2.30. The van der Waals surface area contributed by atoms with Crippen molar-refractivity contribution < 1.29 is 14.3 Å². The highest BCUT2D eigenvalue weighted by molar-refractivity contribution is 5.78. The van der Waals surface area contributed by atoms with E-state index < -0.39 is 17.4 Å². The molecule has 0 aromatic heterocycles. The highest BCUT2D eigenvalue weighted by Gasteiger charge is 2.22. The van der Waals surface area contributed by atoms with Crippen LogP contribution in [0.15, 0.2) is 48.5 Å². The Morgan fingerprint density at radius 3 is 2.36 bits per heavy atom. The minimum Gasteiger partial charge on any atom is -0.489 e. The Morgan fingerprint density at radius 2 is 1.76 bits per heavy atom. The third-order valence-corrected chi connectivity index (χ3v) is 3.90. The van der Waals surface area contributed by atoms with Gasteiger partial charge in [-0.05, 0) is 56.2 Å². The number of hydrogen-bond acceptors (Lipinski definition) is 4. The molecule has 1 unspecified atom stereocenters. The number of amides is 1. The number of carbonyl (C=O) groups excluding carboxylic acids is 1. The second kappa shape index (κ2) is 7.71. The number of benzene rings is 2. The average Bonchev–Trinajstić information content (AvgIpc) is 2.61. The van der Waals surface area contributed by atoms with Crippen molar-refractivity contribution in [3.8, 4) is 17.6 Å². The first kappa shape index (κ1) is 18.3. The van der Waals surface area contributed by atoms with Gasteiger partial charge in [0.1, 0.15) is 18.1 Å². The lowest BCUT2D eigenvalue weighted by Gasteiger charge is -2.20. The molecule has 2 aromatic rings. The van der Waals surface area contributed by atoms with Gasteiger partial charge >= 0.3 is 0 Å². The number of primary amides is 1. The molecule has 0 spiro atoms. The Bertz CT molecular complexity index is 776. The van der Waals surface area contributed by atoms with E-state index in [0.717, 1.165) is 11.1 Å². The van der Waals surface area contributed by atoms with Crippen molar-refractivity contribution in [2.45, 2.75) is 38.9 Å². The summed E-state index contributed by atoms with van der Waals surface area (Å²) < 4.78 is 11.2. The van der Waals surface area contributed by atoms with Gasteiger partial charge in [-0.2, -0.15) is 5.26 Å². The number of carbonyl (C=O) groups is 1. The van der Waals surface area contributed by atoms with Gasteiger partial charge in [0.25, 0.3) is 5.91 Å². The van der Waals surface area contributed by atoms with Crippen LogP contribution in [0.4, 0.5) is 0 Å². The fourth-order valence-corrected chi connectivity index (χ4v) is 2.35. The van der Waals surface area contributed by atoms with E-state index in [4.69, 9.17) is 15.2 Å². The summed E-state index contributed by atoms with van der Waals surface area (Å²) in [5.74, 6) is 0.699. The molecule has 2 N–H and O–H groups in total. The SMILES string of the molecule is CC(Oc1ccc(OCc2ccccc2C(C)(C)C#N)cc1)C(N)=O. The highest BCUT2D eigenvalue weighted by Crippen LogP contribution is 2.27.